The molecular weight excluding hydrogens is 388 g/mol. The van der Waals surface area contributed by atoms with Crippen molar-refractivity contribution in [1.29, 1.82) is 0 Å². The Balaban J connectivity index is 1.48. The van der Waals surface area contributed by atoms with Crippen molar-refractivity contribution in [2.24, 2.45) is 0 Å². The fraction of sp³-hybridized carbons (Fsp3) is 0.417. The summed E-state index contributed by atoms with van der Waals surface area (Å²) in [7, 11) is 0. The maximum Gasteiger partial charge on any atom is 0.230 e. The first-order chi connectivity index (χ1) is 15.0. The van der Waals surface area contributed by atoms with E-state index in [1.807, 2.05) is 66.6 Å². The number of anilines is 1. The highest BCUT2D eigenvalue weighted by Gasteiger charge is 2.28. The number of nitrogens with zero attached hydrogens (tertiary/aromatic N) is 6. The Hall–Kier alpha value is -3.22. The van der Waals surface area contributed by atoms with E-state index in [0.29, 0.717) is 13.1 Å². The lowest BCUT2D eigenvalue weighted by molar-refractivity contribution is -0.133. The van der Waals surface area contributed by atoms with E-state index < -0.39 is 0 Å². The largest absolute Gasteiger partial charge is 0.353 e. The molecule has 0 saturated carbocycles. The highest BCUT2D eigenvalue weighted by Crippen LogP contribution is 2.24. The Labute approximate surface area is 183 Å². The summed E-state index contributed by atoms with van der Waals surface area (Å²) >= 11 is 0. The zero-order valence-electron chi connectivity index (χ0n) is 18.7. The van der Waals surface area contributed by atoms with E-state index in [1.54, 1.807) is 6.33 Å². The third-order valence-electron chi connectivity index (χ3n) is 6.13. The molecule has 1 unspecified atom stereocenters. The van der Waals surface area contributed by atoms with Crippen molar-refractivity contribution in [3.05, 3.63) is 65.5 Å². The van der Waals surface area contributed by atoms with Crippen LogP contribution in [-0.2, 0) is 4.79 Å². The SMILES string of the molecule is CCC(C(=O)N1CCN(c2cc(-n3cnc(C)c3C)nc(C)n2)CC1)c1ccccc1. The third-order valence-corrected chi connectivity index (χ3v) is 6.13. The fourth-order valence-corrected chi connectivity index (χ4v) is 4.17. The van der Waals surface area contributed by atoms with E-state index in [1.165, 1.54) is 0 Å². The predicted molar refractivity (Wildman–Crippen MR) is 122 cm³/mol. The second kappa shape index (κ2) is 8.88. The molecule has 3 heterocycles. The van der Waals surface area contributed by atoms with Gasteiger partial charge >= 0.3 is 0 Å². The van der Waals surface area contributed by atoms with Crippen LogP contribution in [-0.4, -0.2) is 56.5 Å². The summed E-state index contributed by atoms with van der Waals surface area (Å²) in [6.45, 7) is 10.9. The molecule has 1 amide bonds. The summed E-state index contributed by atoms with van der Waals surface area (Å²) in [6, 6.07) is 12.1. The number of amides is 1. The summed E-state index contributed by atoms with van der Waals surface area (Å²) < 4.78 is 2.00. The molecule has 0 aliphatic carbocycles. The molecule has 4 rings (SSSR count). The number of imidazole rings is 1. The fourth-order valence-electron chi connectivity index (χ4n) is 4.17. The van der Waals surface area contributed by atoms with Gasteiger partial charge in [-0.15, -0.1) is 0 Å². The lowest BCUT2D eigenvalue weighted by atomic mass is 9.95. The van der Waals surface area contributed by atoms with Gasteiger partial charge in [0.1, 0.15) is 23.8 Å². The quantitative estimate of drug-likeness (QED) is 0.635. The molecule has 1 aromatic carbocycles. The molecule has 7 heteroatoms. The maximum atomic E-state index is 13.2. The van der Waals surface area contributed by atoms with Crippen molar-refractivity contribution in [3.8, 4) is 5.82 Å². The molecule has 1 saturated heterocycles. The van der Waals surface area contributed by atoms with Gasteiger partial charge in [0.05, 0.1) is 11.6 Å². The normalized spacial score (nSPS) is 15.2. The number of carbonyl (C=O) groups is 1. The van der Waals surface area contributed by atoms with Gasteiger partial charge in [-0.1, -0.05) is 37.3 Å². The highest BCUT2D eigenvalue weighted by molar-refractivity contribution is 5.84. The molecule has 1 fully saturated rings. The number of rotatable bonds is 5. The second-order valence-corrected chi connectivity index (χ2v) is 8.10. The maximum absolute atomic E-state index is 13.2. The topological polar surface area (TPSA) is 67.2 Å². The van der Waals surface area contributed by atoms with E-state index in [-0.39, 0.29) is 11.8 Å². The van der Waals surface area contributed by atoms with Crippen LogP contribution < -0.4 is 4.90 Å². The average Bonchev–Trinajstić information content (AvgIpc) is 3.13. The van der Waals surface area contributed by atoms with Crippen LogP contribution in [0.3, 0.4) is 0 Å². The van der Waals surface area contributed by atoms with E-state index >= 15 is 0 Å². The monoisotopic (exact) mass is 418 g/mol. The number of hydrogen-bond donors (Lipinski definition) is 0. The summed E-state index contributed by atoms with van der Waals surface area (Å²) in [6.07, 6.45) is 2.61. The number of aryl methyl sites for hydroxylation is 2. The Morgan fingerprint density at radius 3 is 2.29 bits per heavy atom. The first-order valence-electron chi connectivity index (χ1n) is 10.9. The smallest absolute Gasteiger partial charge is 0.230 e. The second-order valence-electron chi connectivity index (χ2n) is 8.10. The van der Waals surface area contributed by atoms with Gasteiger partial charge in [-0.2, -0.15) is 0 Å². The zero-order valence-corrected chi connectivity index (χ0v) is 18.7. The molecule has 31 heavy (non-hydrogen) atoms. The summed E-state index contributed by atoms with van der Waals surface area (Å²) in [5.74, 6) is 2.60. The molecule has 0 radical (unpaired) electrons. The van der Waals surface area contributed by atoms with E-state index in [0.717, 1.165) is 53.9 Å². The molecule has 0 bridgehead atoms. The summed E-state index contributed by atoms with van der Waals surface area (Å²) in [5, 5.41) is 0. The van der Waals surface area contributed by atoms with Gasteiger partial charge in [-0.3, -0.25) is 9.36 Å². The van der Waals surface area contributed by atoms with Gasteiger partial charge in [0.2, 0.25) is 5.91 Å². The van der Waals surface area contributed by atoms with Crippen LogP contribution in [0.1, 0.15) is 42.0 Å². The molecule has 1 aliphatic heterocycles. The Morgan fingerprint density at radius 2 is 1.68 bits per heavy atom. The number of carbonyl (C=O) groups excluding carboxylic acids is 1. The van der Waals surface area contributed by atoms with Crippen LogP contribution in [0.2, 0.25) is 0 Å². The van der Waals surface area contributed by atoms with Crippen LogP contribution in [0.25, 0.3) is 5.82 Å². The molecule has 162 valence electrons. The minimum atomic E-state index is -0.0758. The molecule has 1 aliphatic rings. The van der Waals surface area contributed by atoms with Gasteiger partial charge in [0, 0.05) is 37.9 Å². The first-order valence-corrected chi connectivity index (χ1v) is 10.9. The van der Waals surface area contributed by atoms with Gasteiger partial charge < -0.3 is 9.80 Å². The van der Waals surface area contributed by atoms with E-state index in [2.05, 4.69) is 26.8 Å². The zero-order chi connectivity index (χ0) is 22.0. The van der Waals surface area contributed by atoms with Crippen molar-refractivity contribution in [1.82, 2.24) is 24.4 Å². The standard InChI is InChI=1S/C24H30N6O/c1-5-21(20-9-7-6-8-10-20)24(31)29-13-11-28(12-14-29)22-15-23(27-19(4)26-22)30-16-25-17(2)18(30)3/h6-10,15-16,21H,5,11-14H2,1-4H3. The molecule has 7 nitrogen and oxygen atoms in total. The van der Waals surface area contributed by atoms with E-state index in [9.17, 15) is 4.79 Å². The van der Waals surface area contributed by atoms with Gasteiger partial charge in [0.15, 0.2) is 0 Å². The first kappa shape index (κ1) is 21.0. The van der Waals surface area contributed by atoms with Crippen LogP contribution in [0.5, 0.6) is 0 Å². The van der Waals surface area contributed by atoms with Gasteiger partial charge in [0.25, 0.3) is 0 Å². The Kier molecular flexibility index (Phi) is 6.02. The number of benzene rings is 1. The van der Waals surface area contributed by atoms with Crippen LogP contribution >= 0.6 is 0 Å². The van der Waals surface area contributed by atoms with Crippen molar-refractivity contribution in [2.75, 3.05) is 31.1 Å². The lowest BCUT2D eigenvalue weighted by Crippen LogP contribution is -2.50. The average molecular weight is 419 g/mol. The highest BCUT2D eigenvalue weighted by atomic mass is 16.2. The molecule has 1 atom stereocenters. The summed E-state index contributed by atoms with van der Waals surface area (Å²) in [5.41, 5.74) is 3.17. The number of aromatic nitrogens is 4. The molecule has 2 aromatic heterocycles. The predicted octanol–water partition coefficient (Wildman–Crippen LogP) is 3.43. The Morgan fingerprint density at radius 1 is 1.00 bits per heavy atom. The molecule has 3 aromatic rings. The summed E-state index contributed by atoms with van der Waals surface area (Å²) in [4.78, 5) is 31.1. The minimum absolute atomic E-state index is 0.0758. The van der Waals surface area contributed by atoms with Crippen molar-refractivity contribution in [2.45, 2.75) is 40.0 Å². The molecule has 0 spiro atoms. The third kappa shape index (κ3) is 4.31. The molecule has 0 N–H and O–H groups in total. The van der Waals surface area contributed by atoms with Crippen molar-refractivity contribution >= 4 is 11.7 Å². The van der Waals surface area contributed by atoms with Crippen molar-refractivity contribution < 1.29 is 4.79 Å². The van der Waals surface area contributed by atoms with Crippen molar-refractivity contribution in [3.63, 3.8) is 0 Å². The minimum Gasteiger partial charge on any atom is -0.353 e. The van der Waals surface area contributed by atoms with Gasteiger partial charge in [-0.05, 0) is 32.8 Å². The molecular formula is C24H30N6O. The number of piperazine rings is 1. The van der Waals surface area contributed by atoms with Crippen LogP contribution in [0.4, 0.5) is 5.82 Å². The Bertz CT molecular complexity index is 1050. The lowest BCUT2D eigenvalue weighted by Gasteiger charge is -2.37. The van der Waals surface area contributed by atoms with Crippen LogP contribution in [0, 0.1) is 20.8 Å². The van der Waals surface area contributed by atoms with E-state index in [4.69, 9.17) is 0 Å². The van der Waals surface area contributed by atoms with Crippen LogP contribution in [0.15, 0.2) is 42.7 Å². The van der Waals surface area contributed by atoms with Gasteiger partial charge in [-0.25, -0.2) is 15.0 Å². The number of hydrogen-bond acceptors (Lipinski definition) is 5.